The summed E-state index contributed by atoms with van der Waals surface area (Å²) < 4.78 is 4.97. The van der Waals surface area contributed by atoms with Gasteiger partial charge >= 0.3 is 5.97 Å². The number of benzene rings is 2. The van der Waals surface area contributed by atoms with Crippen molar-refractivity contribution in [1.29, 1.82) is 0 Å². The minimum atomic E-state index is -0.315. The Labute approximate surface area is 131 Å². The molecule has 0 aliphatic carbocycles. The standard InChI is InChI=1S/C19H21NO2/c1-3-22-19(21)15-14-18(16-10-6-4-7-11-16)20(2)17-12-8-5-9-13-17/h4-15,18H,3H2,1-2H3/b15-14+. The van der Waals surface area contributed by atoms with Crippen LogP contribution >= 0.6 is 0 Å². The number of hydrogen-bond acceptors (Lipinski definition) is 3. The van der Waals surface area contributed by atoms with Gasteiger partial charge in [-0.25, -0.2) is 4.79 Å². The first-order chi connectivity index (χ1) is 10.7. The largest absolute Gasteiger partial charge is 0.463 e. The summed E-state index contributed by atoms with van der Waals surface area (Å²) in [6.07, 6.45) is 3.38. The number of anilines is 1. The number of para-hydroxylation sites is 1. The van der Waals surface area contributed by atoms with Crippen molar-refractivity contribution in [2.75, 3.05) is 18.6 Å². The van der Waals surface area contributed by atoms with Crippen LogP contribution < -0.4 is 4.90 Å². The van der Waals surface area contributed by atoms with Gasteiger partial charge in [-0.05, 0) is 24.6 Å². The number of carbonyl (C=O) groups is 1. The zero-order chi connectivity index (χ0) is 15.8. The molecule has 0 aliphatic heterocycles. The fourth-order valence-electron chi connectivity index (χ4n) is 2.30. The molecule has 2 rings (SSSR count). The Kier molecular flexibility index (Phi) is 5.78. The van der Waals surface area contributed by atoms with E-state index in [1.807, 2.05) is 61.7 Å². The van der Waals surface area contributed by atoms with Crippen LogP contribution in [-0.2, 0) is 9.53 Å². The summed E-state index contributed by atoms with van der Waals surface area (Å²) in [6, 6.07) is 20.2. The molecule has 0 N–H and O–H groups in total. The molecule has 2 aromatic rings. The summed E-state index contributed by atoms with van der Waals surface area (Å²) in [5, 5.41) is 0. The van der Waals surface area contributed by atoms with Crippen molar-refractivity contribution in [3.05, 3.63) is 78.4 Å². The van der Waals surface area contributed by atoms with Crippen LogP contribution in [0.25, 0.3) is 0 Å². The number of carbonyl (C=O) groups excluding carboxylic acids is 1. The van der Waals surface area contributed by atoms with Crippen LogP contribution in [0, 0.1) is 0 Å². The third-order valence-corrected chi connectivity index (χ3v) is 3.42. The molecule has 3 nitrogen and oxygen atoms in total. The minimum absolute atomic E-state index is 0.0343. The van der Waals surface area contributed by atoms with Gasteiger partial charge in [0.05, 0.1) is 12.6 Å². The second-order valence-corrected chi connectivity index (χ2v) is 4.91. The van der Waals surface area contributed by atoms with Crippen LogP contribution in [0.4, 0.5) is 5.69 Å². The van der Waals surface area contributed by atoms with Gasteiger partial charge in [-0.3, -0.25) is 0 Å². The molecule has 1 unspecified atom stereocenters. The molecular formula is C19H21NO2. The van der Waals surface area contributed by atoms with Crippen molar-refractivity contribution >= 4 is 11.7 Å². The van der Waals surface area contributed by atoms with E-state index in [1.165, 1.54) is 6.08 Å². The van der Waals surface area contributed by atoms with Crippen LogP contribution in [0.15, 0.2) is 72.8 Å². The van der Waals surface area contributed by atoms with E-state index in [1.54, 1.807) is 6.92 Å². The Hall–Kier alpha value is -2.55. The van der Waals surface area contributed by atoms with Crippen molar-refractivity contribution in [3.8, 4) is 0 Å². The summed E-state index contributed by atoms with van der Waals surface area (Å²) in [5.74, 6) is -0.315. The highest BCUT2D eigenvalue weighted by molar-refractivity contribution is 5.82. The Morgan fingerprint density at radius 1 is 1.09 bits per heavy atom. The Balaban J connectivity index is 2.28. The van der Waals surface area contributed by atoms with Crippen LogP contribution in [0.2, 0.25) is 0 Å². The molecule has 22 heavy (non-hydrogen) atoms. The summed E-state index contributed by atoms with van der Waals surface area (Å²) in [4.78, 5) is 13.7. The third-order valence-electron chi connectivity index (χ3n) is 3.42. The van der Waals surface area contributed by atoms with E-state index in [4.69, 9.17) is 4.74 Å². The number of esters is 1. The van der Waals surface area contributed by atoms with E-state index in [9.17, 15) is 4.79 Å². The second-order valence-electron chi connectivity index (χ2n) is 4.91. The van der Waals surface area contributed by atoms with E-state index in [0.717, 1.165) is 11.3 Å². The highest BCUT2D eigenvalue weighted by Gasteiger charge is 2.14. The van der Waals surface area contributed by atoms with Gasteiger partial charge in [0.2, 0.25) is 0 Å². The number of nitrogens with zero attached hydrogens (tertiary/aromatic N) is 1. The van der Waals surface area contributed by atoms with E-state index < -0.39 is 0 Å². The van der Waals surface area contributed by atoms with E-state index in [-0.39, 0.29) is 12.0 Å². The molecule has 0 radical (unpaired) electrons. The first kappa shape index (κ1) is 15.8. The van der Waals surface area contributed by atoms with Gasteiger partial charge in [-0.1, -0.05) is 54.6 Å². The quantitative estimate of drug-likeness (QED) is 0.596. The molecule has 114 valence electrons. The van der Waals surface area contributed by atoms with Crippen LogP contribution in [0.5, 0.6) is 0 Å². The predicted octanol–water partition coefficient (Wildman–Crippen LogP) is 3.98. The van der Waals surface area contributed by atoms with E-state index in [2.05, 4.69) is 17.0 Å². The Morgan fingerprint density at radius 2 is 1.68 bits per heavy atom. The number of likely N-dealkylation sites (N-methyl/N-ethyl adjacent to an activating group) is 1. The first-order valence-electron chi connectivity index (χ1n) is 7.40. The molecule has 0 saturated carbocycles. The molecular weight excluding hydrogens is 274 g/mol. The number of rotatable bonds is 6. The van der Waals surface area contributed by atoms with Gasteiger partial charge in [0.1, 0.15) is 0 Å². The molecule has 0 aromatic heterocycles. The van der Waals surface area contributed by atoms with Crippen LogP contribution in [-0.4, -0.2) is 19.6 Å². The average Bonchev–Trinajstić information content (AvgIpc) is 2.57. The minimum Gasteiger partial charge on any atom is -0.463 e. The molecule has 0 amide bonds. The summed E-state index contributed by atoms with van der Waals surface area (Å²) >= 11 is 0. The fraction of sp³-hybridized carbons (Fsp3) is 0.211. The Morgan fingerprint density at radius 3 is 2.27 bits per heavy atom. The zero-order valence-electron chi connectivity index (χ0n) is 13.0. The van der Waals surface area contributed by atoms with E-state index >= 15 is 0 Å². The molecule has 3 heteroatoms. The van der Waals surface area contributed by atoms with Crippen molar-refractivity contribution < 1.29 is 9.53 Å². The van der Waals surface area contributed by atoms with Gasteiger partial charge in [-0.15, -0.1) is 0 Å². The maximum atomic E-state index is 11.6. The highest BCUT2D eigenvalue weighted by Crippen LogP contribution is 2.26. The van der Waals surface area contributed by atoms with Gasteiger partial charge in [0.15, 0.2) is 0 Å². The predicted molar refractivity (Wildman–Crippen MR) is 89.8 cm³/mol. The monoisotopic (exact) mass is 295 g/mol. The molecule has 0 aliphatic rings. The summed E-state index contributed by atoms with van der Waals surface area (Å²) in [7, 11) is 2.02. The van der Waals surface area contributed by atoms with Gasteiger partial charge < -0.3 is 9.64 Å². The molecule has 2 aromatic carbocycles. The van der Waals surface area contributed by atoms with Crippen molar-refractivity contribution in [2.45, 2.75) is 13.0 Å². The maximum Gasteiger partial charge on any atom is 0.330 e. The summed E-state index contributed by atoms with van der Waals surface area (Å²) in [5.41, 5.74) is 2.21. The molecule has 0 saturated heterocycles. The zero-order valence-corrected chi connectivity index (χ0v) is 13.0. The lowest BCUT2D eigenvalue weighted by molar-refractivity contribution is -0.137. The average molecular weight is 295 g/mol. The van der Waals surface area contributed by atoms with Crippen LogP contribution in [0.1, 0.15) is 18.5 Å². The van der Waals surface area contributed by atoms with Gasteiger partial charge in [-0.2, -0.15) is 0 Å². The molecule has 0 heterocycles. The maximum absolute atomic E-state index is 11.6. The summed E-state index contributed by atoms with van der Waals surface area (Å²) in [6.45, 7) is 2.18. The van der Waals surface area contributed by atoms with Crippen molar-refractivity contribution in [2.24, 2.45) is 0 Å². The fourth-order valence-corrected chi connectivity index (χ4v) is 2.30. The van der Waals surface area contributed by atoms with E-state index in [0.29, 0.717) is 6.61 Å². The third kappa shape index (κ3) is 4.22. The lowest BCUT2D eigenvalue weighted by atomic mass is 10.0. The highest BCUT2D eigenvalue weighted by atomic mass is 16.5. The lowest BCUT2D eigenvalue weighted by Gasteiger charge is -2.28. The van der Waals surface area contributed by atoms with Crippen LogP contribution in [0.3, 0.4) is 0 Å². The smallest absolute Gasteiger partial charge is 0.330 e. The molecule has 1 atom stereocenters. The molecule has 0 bridgehead atoms. The van der Waals surface area contributed by atoms with Gasteiger partial charge in [0.25, 0.3) is 0 Å². The first-order valence-corrected chi connectivity index (χ1v) is 7.40. The molecule has 0 spiro atoms. The number of ether oxygens (including phenoxy) is 1. The normalized spacial score (nSPS) is 12.1. The van der Waals surface area contributed by atoms with Gasteiger partial charge in [0, 0.05) is 18.8 Å². The lowest BCUT2D eigenvalue weighted by Crippen LogP contribution is -2.22. The number of hydrogen-bond donors (Lipinski definition) is 0. The van der Waals surface area contributed by atoms with Crippen molar-refractivity contribution in [3.63, 3.8) is 0 Å². The second kappa shape index (κ2) is 8.03. The Bertz CT molecular complexity index is 608. The topological polar surface area (TPSA) is 29.5 Å². The van der Waals surface area contributed by atoms with Crippen molar-refractivity contribution in [1.82, 2.24) is 0 Å². The molecule has 0 fully saturated rings. The SMILES string of the molecule is CCOC(=O)/C=C/C(c1ccccc1)N(C)c1ccccc1.